The van der Waals surface area contributed by atoms with E-state index in [4.69, 9.17) is 0 Å². The van der Waals surface area contributed by atoms with E-state index >= 15 is 0 Å². The third kappa shape index (κ3) is 4.00. The molecule has 1 saturated heterocycles. The molecule has 0 aliphatic carbocycles. The van der Waals surface area contributed by atoms with Gasteiger partial charge in [-0.3, -0.25) is 4.79 Å². The van der Waals surface area contributed by atoms with Gasteiger partial charge < -0.3 is 9.80 Å². The van der Waals surface area contributed by atoms with Crippen molar-refractivity contribution in [2.45, 2.75) is 4.90 Å². The zero-order valence-electron chi connectivity index (χ0n) is 16.2. The molecule has 2 aromatic carbocycles. The molecule has 0 spiro atoms. The number of carbonyl (C=O) groups is 1. The smallest absolute Gasteiger partial charge is 0.245 e. The maximum Gasteiger partial charge on any atom is 0.245 e. The van der Waals surface area contributed by atoms with Crippen LogP contribution in [0.1, 0.15) is 0 Å². The minimum absolute atomic E-state index is 0.0465. The van der Waals surface area contributed by atoms with Gasteiger partial charge in [0.05, 0.1) is 18.3 Å². The fourth-order valence-electron chi connectivity index (χ4n) is 3.40. The summed E-state index contributed by atoms with van der Waals surface area (Å²) in [5.74, 6) is -0.552. The van der Waals surface area contributed by atoms with Crippen LogP contribution in [0.25, 0.3) is 11.0 Å². The second-order valence-electron chi connectivity index (χ2n) is 6.99. The molecule has 11 heteroatoms. The Balaban J connectivity index is 1.40. The van der Waals surface area contributed by atoms with Crippen LogP contribution in [0.3, 0.4) is 0 Å². The number of fused-ring (bicyclic) bond motifs is 1. The molecule has 1 aromatic heterocycles. The highest BCUT2D eigenvalue weighted by molar-refractivity contribution is 7.89. The Morgan fingerprint density at radius 1 is 1.10 bits per heavy atom. The lowest BCUT2D eigenvalue weighted by molar-refractivity contribution is -0.131. The molecule has 1 fully saturated rings. The summed E-state index contributed by atoms with van der Waals surface area (Å²) >= 11 is 0.947. The van der Waals surface area contributed by atoms with Crippen molar-refractivity contribution in [3.8, 4) is 0 Å². The summed E-state index contributed by atoms with van der Waals surface area (Å²) in [4.78, 5) is 16.5. The Hall–Kier alpha value is -2.63. The van der Waals surface area contributed by atoms with Gasteiger partial charge in [-0.25, -0.2) is 12.8 Å². The van der Waals surface area contributed by atoms with Crippen molar-refractivity contribution in [3.63, 3.8) is 0 Å². The molecule has 0 atom stereocenters. The normalized spacial score (nSPS) is 15.2. The number of hydrogen-bond acceptors (Lipinski definition) is 7. The molecule has 0 N–H and O–H groups in total. The van der Waals surface area contributed by atoms with Crippen molar-refractivity contribution in [1.29, 1.82) is 0 Å². The molecule has 0 bridgehead atoms. The summed E-state index contributed by atoms with van der Waals surface area (Å²) < 4.78 is 48.3. The molecule has 1 amide bonds. The number of rotatable bonds is 5. The van der Waals surface area contributed by atoms with Crippen LogP contribution in [-0.2, 0) is 14.8 Å². The average Bonchev–Trinajstić information content (AvgIpc) is 3.23. The lowest BCUT2D eigenvalue weighted by atomic mass is 10.2. The van der Waals surface area contributed by atoms with Crippen molar-refractivity contribution in [2.24, 2.45) is 0 Å². The Labute approximate surface area is 177 Å². The summed E-state index contributed by atoms with van der Waals surface area (Å²) in [6.07, 6.45) is 0. The summed E-state index contributed by atoms with van der Waals surface area (Å²) in [6, 6.07) is 11.0. The Morgan fingerprint density at radius 3 is 2.50 bits per heavy atom. The molecule has 158 valence electrons. The van der Waals surface area contributed by atoms with Gasteiger partial charge in [0, 0.05) is 38.9 Å². The molecule has 30 heavy (non-hydrogen) atoms. The fraction of sp³-hybridized carbons (Fsp3) is 0.316. The number of aromatic nitrogens is 2. The number of likely N-dealkylation sites (N-methyl/N-ethyl adjacent to an activating group) is 1. The van der Waals surface area contributed by atoms with Gasteiger partial charge in [-0.1, -0.05) is 6.07 Å². The summed E-state index contributed by atoms with van der Waals surface area (Å²) in [5, 5.41) is 0. The van der Waals surface area contributed by atoms with E-state index in [1.807, 2.05) is 0 Å². The predicted octanol–water partition coefficient (Wildman–Crippen LogP) is 1.80. The highest BCUT2D eigenvalue weighted by atomic mass is 32.2. The maximum atomic E-state index is 13.1. The lowest BCUT2D eigenvalue weighted by Crippen LogP contribution is -2.51. The van der Waals surface area contributed by atoms with Crippen molar-refractivity contribution < 1.29 is 17.6 Å². The second kappa shape index (κ2) is 8.25. The van der Waals surface area contributed by atoms with Crippen LogP contribution < -0.4 is 4.90 Å². The Morgan fingerprint density at radius 2 is 1.80 bits per heavy atom. The van der Waals surface area contributed by atoms with Gasteiger partial charge in [-0.15, -0.1) is 0 Å². The van der Waals surface area contributed by atoms with E-state index in [1.165, 1.54) is 25.2 Å². The maximum absolute atomic E-state index is 13.1. The van der Waals surface area contributed by atoms with E-state index in [2.05, 4.69) is 13.6 Å². The van der Waals surface area contributed by atoms with Crippen LogP contribution in [-0.4, -0.2) is 72.0 Å². The Bertz CT molecular complexity index is 1160. The van der Waals surface area contributed by atoms with Crippen LogP contribution in [0.2, 0.25) is 0 Å². The first kappa shape index (κ1) is 20.6. The number of carbonyl (C=O) groups excluding carboxylic acids is 1. The highest BCUT2D eigenvalue weighted by Gasteiger charge is 2.29. The molecule has 1 aliphatic rings. The highest BCUT2D eigenvalue weighted by Crippen LogP contribution is 2.24. The van der Waals surface area contributed by atoms with Gasteiger partial charge in [0.15, 0.2) is 0 Å². The number of benzene rings is 2. The molecule has 2 heterocycles. The monoisotopic (exact) mass is 449 g/mol. The largest absolute Gasteiger partial charge is 0.368 e. The molecule has 3 aromatic rings. The fourth-order valence-corrected chi connectivity index (χ4v) is 5.27. The van der Waals surface area contributed by atoms with E-state index in [1.54, 1.807) is 29.2 Å². The molecular weight excluding hydrogens is 429 g/mol. The summed E-state index contributed by atoms with van der Waals surface area (Å²) in [5.41, 5.74) is 1.72. The number of anilines is 1. The standard InChI is InChI=1S/C19H20FN5O3S2/c1-23(30(27,28)17-4-2-3-16-19(17)22-29-21-16)13-18(26)25-11-9-24(10-12-25)15-7-5-14(20)6-8-15/h2-8H,9-13H2,1H3. The predicted molar refractivity (Wildman–Crippen MR) is 112 cm³/mol. The number of amides is 1. The van der Waals surface area contributed by atoms with Gasteiger partial charge in [-0.05, 0) is 36.4 Å². The SMILES string of the molecule is CN(CC(=O)N1CCN(c2ccc(F)cc2)CC1)S(=O)(=O)c1cccc2nsnc12. The van der Waals surface area contributed by atoms with Crippen molar-refractivity contribution in [3.05, 3.63) is 48.3 Å². The summed E-state index contributed by atoms with van der Waals surface area (Å²) in [6.45, 7) is 1.87. The van der Waals surface area contributed by atoms with Gasteiger partial charge in [0.2, 0.25) is 15.9 Å². The van der Waals surface area contributed by atoms with Gasteiger partial charge in [0.25, 0.3) is 0 Å². The van der Waals surface area contributed by atoms with Crippen LogP contribution in [0.4, 0.5) is 10.1 Å². The van der Waals surface area contributed by atoms with Gasteiger partial charge in [0.1, 0.15) is 21.7 Å². The number of piperazine rings is 1. The molecule has 0 radical (unpaired) electrons. The molecule has 1 aliphatic heterocycles. The first-order valence-electron chi connectivity index (χ1n) is 9.32. The molecule has 0 saturated carbocycles. The van der Waals surface area contributed by atoms with Crippen molar-refractivity contribution in [2.75, 3.05) is 44.7 Å². The first-order valence-corrected chi connectivity index (χ1v) is 11.5. The van der Waals surface area contributed by atoms with E-state index < -0.39 is 10.0 Å². The molecule has 8 nitrogen and oxygen atoms in total. The molecule has 4 rings (SSSR count). The summed E-state index contributed by atoms with van der Waals surface area (Å²) in [7, 11) is -2.49. The van der Waals surface area contributed by atoms with E-state index in [9.17, 15) is 17.6 Å². The third-order valence-corrected chi connectivity index (χ3v) is 7.50. The molecular formula is C19H20FN5O3S2. The minimum Gasteiger partial charge on any atom is -0.368 e. The van der Waals surface area contributed by atoms with Crippen LogP contribution in [0.15, 0.2) is 47.4 Å². The quantitative estimate of drug-likeness (QED) is 0.590. The van der Waals surface area contributed by atoms with E-state index in [0.717, 1.165) is 21.7 Å². The van der Waals surface area contributed by atoms with Crippen molar-refractivity contribution in [1.82, 2.24) is 18.0 Å². The third-order valence-electron chi connectivity index (χ3n) is 5.12. The van der Waals surface area contributed by atoms with Gasteiger partial charge >= 0.3 is 0 Å². The topological polar surface area (TPSA) is 86.7 Å². The van der Waals surface area contributed by atoms with Crippen molar-refractivity contribution >= 4 is 44.4 Å². The average molecular weight is 450 g/mol. The second-order valence-corrected chi connectivity index (χ2v) is 9.54. The zero-order valence-corrected chi connectivity index (χ0v) is 17.9. The van der Waals surface area contributed by atoms with E-state index in [0.29, 0.717) is 37.2 Å². The minimum atomic E-state index is -3.88. The molecule has 0 unspecified atom stereocenters. The lowest BCUT2D eigenvalue weighted by Gasteiger charge is -2.36. The van der Waals surface area contributed by atoms with Gasteiger partial charge in [-0.2, -0.15) is 13.1 Å². The van der Waals surface area contributed by atoms with E-state index in [-0.39, 0.29) is 23.2 Å². The van der Waals surface area contributed by atoms with Crippen LogP contribution in [0.5, 0.6) is 0 Å². The number of hydrogen-bond donors (Lipinski definition) is 0. The zero-order chi connectivity index (χ0) is 21.3. The van der Waals surface area contributed by atoms with Crippen LogP contribution >= 0.6 is 11.7 Å². The number of nitrogens with zero attached hydrogens (tertiary/aromatic N) is 5. The Kier molecular flexibility index (Phi) is 5.67. The van der Waals surface area contributed by atoms with Crippen LogP contribution in [0, 0.1) is 5.82 Å². The first-order chi connectivity index (χ1) is 14.4. The number of sulfonamides is 1. The number of halogens is 1.